The van der Waals surface area contributed by atoms with Crippen LogP contribution >= 0.6 is 56.9 Å². The molecule has 4 aromatic rings. The van der Waals surface area contributed by atoms with Gasteiger partial charge in [-0.15, -0.1) is 22.7 Å². The van der Waals surface area contributed by atoms with Crippen molar-refractivity contribution in [2.24, 2.45) is 0 Å². The number of rotatable bonds is 7. The highest BCUT2D eigenvalue weighted by Crippen LogP contribution is 2.39. The van der Waals surface area contributed by atoms with Gasteiger partial charge < -0.3 is 11.1 Å². The van der Waals surface area contributed by atoms with E-state index in [-0.39, 0.29) is 20.2 Å². The predicted molar refractivity (Wildman–Crippen MR) is 146 cm³/mol. The van der Waals surface area contributed by atoms with Crippen LogP contribution in [-0.2, 0) is 0 Å². The van der Waals surface area contributed by atoms with Gasteiger partial charge in [0.2, 0.25) is 0 Å². The molecule has 4 rings (SSSR count). The molecule has 0 aromatic carbocycles. The average molecular weight is 635 g/mol. The first-order chi connectivity index (χ1) is 18.3. The molecular formula is C18H11ClN6O10S4. The smallest absolute Gasteiger partial charge is 0.333 e. The molecule has 0 saturated heterocycles. The third-order valence-corrected chi connectivity index (χ3v) is 7.82. The lowest BCUT2D eigenvalue weighted by molar-refractivity contribution is -0.390. The number of nitro groups is 4. The van der Waals surface area contributed by atoms with Crippen molar-refractivity contribution in [3.63, 3.8) is 0 Å². The van der Waals surface area contributed by atoms with Gasteiger partial charge in [0.1, 0.15) is 12.1 Å². The first kappa shape index (κ1) is 30.9. The summed E-state index contributed by atoms with van der Waals surface area (Å²) in [6, 6.07) is 8.37. The molecule has 0 atom stereocenters. The quantitative estimate of drug-likeness (QED) is 0.132. The summed E-state index contributed by atoms with van der Waals surface area (Å²) in [5.41, 5.74) is 4.26. The largest absolute Gasteiger partial charge is 0.385 e. The molecular weight excluding hydrogens is 624 g/mol. The van der Waals surface area contributed by atoms with E-state index >= 15 is 0 Å². The van der Waals surface area contributed by atoms with Gasteiger partial charge in [0.25, 0.3) is 11.1 Å². The van der Waals surface area contributed by atoms with Crippen LogP contribution in [0.25, 0.3) is 0 Å². The standard InChI is InChI=1S/C9H5N3O5S2.C5H3ClOS.C4H3N3O4S/c13-8(6-2-1-3-18-6)10-9-5(11(14)15)4-7(19-9)12(16)17;6-5(7)4-2-1-3-8-4;5-4-2(6(8)9)1-3(12-4)7(10)11/h1-4H,(H,10,13);1-3H;1H,5H2. The zero-order valence-electron chi connectivity index (χ0n) is 18.6. The SMILES string of the molecule is Nc1sc([N+](=O)[O-])cc1[N+](=O)[O-].O=C(Cl)c1cccs1.O=C(Nc1sc([N+](=O)[O-])cc1[N+](=O)[O-])c1cccs1. The number of thiophene rings is 4. The number of hydrogen-bond donors (Lipinski definition) is 2. The highest BCUT2D eigenvalue weighted by atomic mass is 35.5. The number of hydrogen-bond acceptors (Lipinski definition) is 15. The van der Waals surface area contributed by atoms with Crippen molar-refractivity contribution >= 4 is 99.5 Å². The number of nitrogens with one attached hydrogen (secondary N) is 1. The van der Waals surface area contributed by atoms with E-state index < -0.39 is 42.0 Å². The maximum atomic E-state index is 11.7. The van der Waals surface area contributed by atoms with E-state index in [1.807, 2.05) is 5.38 Å². The molecule has 21 heteroatoms. The maximum absolute atomic E-state index is 11.7. The molecule has 16 nitrogen and oxygen atoms in total. The fourth-order valence-electron chi connectivity index (χ4n) is 2.26. The number of carbonyl (C=O) groups excluding carboxylic acids is 2. The van der Waals surface area contributed by atoms with Gasteiger partial charge in [-0.3, -0.25) is 50.0 Å². The Morgan fingerprint density at radius 3 is 1.62 bits per heavy atom. The van der Waals surface area contributed by atoms with Gasteiger partial charge in [-0.25, -0.2) is 0 Å². The third-order valence-electron chi connectivity index (χ3n) is 3.87. The summed E-state index contributed by atoms with van der Waals surface area (Å²) in [6.07, 6.45) is 0. The summed E-state index contributed by atoms with van der Waals surface area (Å²) in [5, 5.41) is 46.1. The maximum Gasteiger partial charge on any atom is 0.333 e. The summed E-state index contributed by atoms with van der Waals surface area (Å²) in [7, 11) is 0. The molecule has 0 radical (unpaired) electrons. The number of anilines is 2. The van der Waals surface area contributed by atoms with Crippen molar-refractivity contribution in [2.45, 2.75) is 0 Å². The Kier molecular flexibility index (Phi) is 11.0. The molecule has 39 heavy (non-hydrogen) atoms. The molecule has 4 heterocycles. The lowest BCUT2D eigenvalue weighted by Gasteiger charge is -1.98. The second kappa shape index (κ2) is 14.0. The minimum Gasteiger partial charge on any atom is -0.385 e. The Morgan fingerprint density at radius 1 is 0.769 bits per heavy atom. The summed E-state index contributed by atoms with van der Waals surface area (Å²) in [6.45, 7) is 0. The van der Waals surface area contributed by atoms with Crippen molar-refractivity contribution in [3.05, 3.63) is 97.4 Å². The summed E-state index contributed by atoms with van der Waals surface area (Å²) >= 11 is 8.77. The topological polar surface area (TPSA) is 245 Å². The van der Waals surface area contributed by atoms with E-state index in [2.05, 4.69) is 5.32 Å². The molecule has 0 aliphatic heterocycles. The highest BCUT2D eigenvalue weighted by molar-refractivity contribution is 7.20. The fourth-order valence-corrected chi connectivity index (χ4v) is 5.18. The molecule has 204 valence electrons. The number of carbonyl (C=O) groups is 2. The number of amides is 1. The number of halogens is 1. The van der Waals surface area contributed by atoms with E-state index in [0.29, 0.717) is 32.4 Å². The van der Waals surface area contributed by atoms with Crippen molar-refractivity contribution < 1.29 is 29.3 Å². The zero-order chi connectivity index (χ0) is 29.3. The second-order valence-electron chi connectivity index (χ2n) is 6.34. The van der Waals surface area contributed by atoms with Gasteiger partial charge in [0.15, 0.2) is 10.0 Å². The first-order valence-electron chi connectivity index (χ1n) is 9.50. The lowest BCUT2D eigenvalue weighted by Crippen LogP contribution is -2.09. The lowest BCUT2D eigenvalue weighted by atomic mass is 10.4. The van der Waals surface area contributed by atoms with Crippen LogP contribution in [-0.4, -0.2) is 30.8 Å². The number of nitrogen functional groups attached to an aromatic ring is 1. The Balaban J connectivity index is 0.000000227. The van der Waals surface area contributed by atoms with Gasteiger partial charge in [-0.05, 0) is 57.2 Å². The van der Waals surface area contributed by atoms with Crippen molar-refractivity contribution in [1.82, 2.24) is 0 Å². The van der Waals surface area contributed by atoms with Crippen LogP contribution in [0.15, 0.2) is 47.2 Å². The number of nitrogens with zero attached hydrogens (tertiary/aromatic N) is 4. The molecule has 0 saturated carbocycles. The van der Waals surface area contributed by atoms with E-state index in [9.17, 15) is 50.0 Å². The molecule has 4 aromatic heterocycles. The van der Waals surface area contributed by atoms with Crippen molar-refractivity contribution in [2.75, 3.05) is 11.1 Å². The van der Waals surface area contributed by atoms with Crippen molar-refractivity contribution in [1.29, 1.82) is 0 Å². The molecule has 3 N–H and O–H groups in total. The summed E-state index contributed by atoms with van der Waals surface area (Å²) in [5.74, 6) is -0.533. The summed E-state index contributed by atoms with van der Waals surface area (Å²) in [4.78, 5) is 61.7. The minimum atomic E-state index is -0.770. The normalized spacial score (nSPS) is 9.77. The van der Waals surface area contributed by atoms with E-state index in [1.54, 1.807) is 29.6 Å². The van der Waals surface area contributed by atoms with Gasteiger partial charge in [-0.1, -0.05) is 12.1 Å². The van der Waals surface area contributed by atoms with Crippen LogP contribution < -0.4 is 11.1 Å². The van der Waals surface area contributed by atoms with Crippen LogP contribution in [0.1, 0.15) is 19.3 Å². The Labute approximate surface area is 236 Å². The van der Waals surface area contributed by atoms with Gasteiger partial charge in [-0.2, -0.15) is 0 Å². The molecule has 1 amide bonds. The van der Waals surface area contributed by atoms with Crippen LogP contribution in [0.4, 0.5) is 31.4 Å². The number of nitrogens with two attached hydrogens (primary N) is 1. The van der Waals surface area contributed by atoms with Crippen molar-refractivity contribution in [3.8, 4) is 0 Å². The Bertz CT molecular complexity index is 1520. The van der Waals surface area contributed by atoms with Gasteiger partial charge in [0.05, 0.1) is 29.4 Å². The second-order valence-corrected chi connectivity index (χ2v) is 10.7. The molecule has 0 bridgehead atoms. The van der Waals surface area contributed by atoms with E-state index in [0.717, 1.165) is 12.1 Å². The molecule has 0 aliphatic rings. The molecule has 0 unspecified atom stereocenters. The Morgan fingerprint density at radius 2 is 1.26 bits per heavy atom. The molecule has 0 aliphatic carbocycles. The average Bonchev–Trinajstić information content (AvgIpc) is 3.66. The van der Waals surface area contributed by atoms with Crippen LogP contribution in [0.3, 0.4) is 0 Å². The minimum absolute atomic E-state index is 0.143. The van der Waals surface area contributed by atoms with E-state index in [1.165, 1.54) is 22.7 Å². The predicted octanol–water partition coefficient (Wildman–Crippen LogP) is 6.15. The third kappa shape index (κ3) is 8.86. The first-order valence-corrected chi connectivity index (χ1v) is 13.3. The Hall–Kier alpha value is -4.37. The molecule has 0 spiro atoms. The zero-order valence-corrected chi connectivity index (χ0v) is 22.6. The highest BCUT2D eigenvalue weighted by Gasteiger charge is 2.26. The fraction of sp³-hybridized carbons (Fsp3) is 0. The van der Waals surface area contributed by atoms with Crippen LogP contribution in [0.5, 0.6) is 0 Å². The van der Waals surface area contributed by atoms with Crippen LogP contribution in [0, 0.1) is 40.5 Å². The molecule has 0 fully saturated rings. The monoisotopic (exact) mass is 634 g/mol. The van der Waals surface area contributed by atoms with Crippen LogP contribution in [0.2, 0.25) is 0 Å². The summed E-state index contributed by atoms with van der Waals surface area (Å²) < 4.78 is 0. The van der Waals surface area contributed by atoms with Gasteiger partial charge in [0, 0.05) is 0 Å². The van der Waals surface area contributed by atoms with Gasteiger partial charge >= 0.3 is 21.4 Å². The van der Waals surface area contributed by atoms with E-state index in [4.69, 9.17) is 17.3 Å².